The summed E-state index contributed by atoms with van der Waals surface area (Å²) in [6, 6.07) is 5.05. The van der Waals surface area contributed by atoms with Crippen LogP contribution in [0.1, 0.15) is 44.0 Å². The molecule has 0 unspecified atom stereocenters. The van der Waals surface area contributed by atoms with Crippen molar-refractivity contribution in [3.05, 3.63) is 33.8 Å². The molecule has 1 aromatic carbocycles. The van der Waals surface area contributed by atoms with Gasteiger partial charge in [-0.15, -0.1) is 0 Å². The average Bonchev–Trinajstić information content (AvgIpc) is 2.49. The Morgan fingerprint density at radius 1 is 1.17 bits per heavy atom. The number of likely N-dealkylation sites (tertiary alicyclic amines) is 1. The monoisotopic (exact) mass is 356 g/mol. The zero-order chi connectivity index (χ0) is 17.2. The molecular weight excluding hydrogens is 335 g/mol. The summed E-state index contributed by atoms with van der Waals surface area (Å²) >= 11 is 12.0. The minimum absolute atomic E-state index is 0.0431. The van der Waals surface area contributed by atoms with E-state index in [1.165, 1.54) is 0 Å². The van der Waals surface area contributed by atoms with Crippen molar-refractivity contribution in [2.24, 2.45) is 5.41 Å². The number of amides is 2. The Labute approximate surface area is 147 Å². The van der Waals surface area contributed by atoms with E-state index < -0.39 is 0 Å². The number of piperidine rings is 1. The van der Waals surface area contributed by atoms with Crippen molar-refractivity contribution in [2.45, 2.75) is 39.7 Å². The first-order valence-corrected chi connectivity index (χ1v) is 8.50. The van der Waals surface area contributed by atoms with Gasteiger partial charge in [0, 0.05) is 24.5 Å². The second kappa shape index (κ2) is 7.10. The minimum atomic E-state index is -0.371. The van der Waals surface area contributed by atoms with Gasteiger partial charge in [-0.25, -0.2) is 0 Å². The minimum Gasteiger partial charge on any atom is -0.349 e. The molecule has 1 heterocycles. The molecule has 0 bridgehead atoms. The number of nitrogens with zero attached hydrogens (tertiary/aromatic N) is 1. The molecule has 1 aromatic rings. The van der Waals surface area contributed by atoms with Gasteiger partial charge in [-0.2, -0.15) is 0 Å². The van der Waals surface area contributed by atoms with Gasteiger partial charge in [-0.1, -0.05) is 50.0 Å². The van der Waals surface area contributed by atoms with E-state index in [0.717, 1.165) is 12.8 Å². The number of halogens is 2. The zero-order valence-electron chi connectivity index (χ0n) is 13.7. The van der Waals surface area contributed by atoms with Crippen molar-refractivity contribution < 1.29 is 9.59 Å². The van der Waals surface area contributed by atoms with Crippen LogP contribution in [0.2, 0.25) is 10.0 Å². The molecule has 0 spiro atoms. The van der Waals surface area contributed by atoms with Gasteiger partial charge in [0.25, 0.3) is 5.91 Å². The molecule has 1 aliphatic heterocycles. The Morgan fingerprint density at radius 3 is 2.35 bits per heavy atom. The van der Waals surface area contributed by atoms with E-state index >= 15 is 0 Å². The van der Waals surface area contributed by atoms with Crippen molar-refractivity contribution in [3.8, 4) is 0 Å². The summed E-state index contributed by atoms with van der Waals surface area (Å²) in [5, 5.41) is 3.62. The van der Waals surface area contributed by atoms with Crippen LogP contribution in [0.15, 0.2) is 18.2 Å². The Balaban J connectivity index is 1.93. The fourth-order valence-corrected chi connectivity index (χ4v) is 3.03. The molecule has 1 N–H and O–H groups in total. The number of carbonyl (C=O) groups is 2. The van der Waals surface area contributed by atoms with E-state index in [0.29, 0.717) is 23.7 Å². The van der Waals surface area contributed by atoms with Gasteiger partial charge in [0.1, 0.15) is 0 Å². The predicted octanol–water partition coefficient (Wildman–Crippen LogP) is 3.76. The zero-order valence-corrected chi connectivity index (χ0v) is 15.2. The summed E-state index contributed by atoms with van der Waals surface area (Å²) < 4.78 is 0. The Bertz CT molecular complexity index is 603. The summed E-state index contributed by atoms with van der Waals surface area (Å²) in [4.78, 5) is 26.5. The topological polar surface area (TPSA) is 49.4 Å². The van der Waals surface area contributed by atoms with E-state index in [9.17, 15) is 9.59 Å². The maximum Gasteiger partial charge on any atom is 0.253 e. The lowest BCUT2D eigenvalue weighted by Gasteiger charge is -2.36. The molecule has 4 nitrogen and oxygen atoms in total. The van der Waals surface area contributed by atoms with Crippen LogP contribution < -0.4 is 5.32 Å². The van der Waals surface area contributed by atoms with Crippen LogP contribution in [-0.4, -0.2) is 35.8 Å². The molecule has 126 valence electrons. The highest BCUT2D eigenvalue weighted by molar-refractivity contribution is 6.43. The second-order valence-electron chi connectivity index (χ2n) is 6.89. The maximum absolute atomic E-state index is 12.3. The SMILES string of the molecule is CC(C)(C)C(=O)N1CCC(NC(=O)c2cccc(Cl)c2Cl)CC1. The third kappa shape index (κ3) is 4.39. The highest BCUT2D eigenvalue weighted by atomic mass is 35.5. The van der Waals surface area contributed by atoms with Crippen molar-refractivity contribution in [1.29, 1.82) is 0 Å². The summed E-state index contributed by atoms with van der Waals surface area (Å²) in [7, 11) is 0. The number of carbonyl (C=O) groups excluding carboxylic acids is 2. The first kappa shape index (κ1) is 18.1. The van der Waals surface area contributed by atoms with Crippen LogP contribution in [0, 0.1) is 5.41 Å². The Hall–Kier alpha value is -1.26. The Kier molecular flexibility index (Phi) is 5.58. The van der Waals surface area contributed by atoms with Gasteiger partial charge < -0.3 is 10.2 Å². The molecule has 0 aliphatic carbocycles. The molecule has 1 aliphatic rings. The summed E-state index contributed by atoms with van der Waals surface area (Å²) in [5.74, 6) is -0.0711. The molecule has 0 saturated carbocycles. The largest absolute Gasteiger partial charge is 0.349 e. The molecule has 0 atom stereocenters. The van der Waals surface area contributed by atoms with E-state index in [2.05, 4.69) is 5.32 Å². The van der Waals surface area contributed by atoms with Crippen LogP contribution >= 0.6 is 23.2 Å². The number of benzene rings is 1. The van der Waals surface area contributed by atoms with Crippen LogP contribution in [0.25, 0.3) is 0 Å². The van der Waals surface area contributed by atoms with Crippen LogP contribution in [0.5, 0.6) is 0 Å². The summed E-state index contributed by atoms with van der Waals surface area (Å²) in [6.07, 6.45) is 1.48. The normalized spacial score (nSPS) is 16.3. The van der Waals surface area contributed by atoms with Crippen molar-refractivity contribution >= 4 is 35.0 Å². The van der Waals surface area contributed by atoms with Gasteiger partial charge in [-0.3, -0.25) is 9.59 Å². The molecule has 0 radical (unpaired) electrons. The highest BCUT2D eigenvalue weighted by Crippen LogP contribution is 2.26. The number of hydrogen-bond donors (Lipinski definition) is 1. The molecule has 23 heavy (non-hydrogen) atoms. The van der Waals surface area contributed by atoms with Gasteiger partial charge >= 0.3 is 0 Å². The molecule has 0 aromatic heterocycles. The summed E-state index contributed by atoms with van der Waals surface area (Å²) in [6.45, 7) is 7.08. The molecule has 2 rings (SSSR count). The van der Waals surface area contributed by atoms with Crippen molar-refractivity contribution in [2.75, 3.05) is 13.1 Å². The second-order valence-corrected chi connectivity index (χ2v) is 7.68. The van der Waals surface area contributed by atoms with Crippen molar-refractivity contribution in [1.82, 2.24) is 10.2 Å². The van der Waals surface area contributed by atoms with E-state index in [-0.39, 0.29) is 28.3 Å². The van der Waals surface area contributed by atoms with E-state index in [1.807, 2.05) is 25.7 Å². The van der Waals surface area contributed by atoms with E-state index in [1.54, 1.807) is 18.2 Å². The molecular formula is C17H22Cl2N2O2. The van der Waals surface area contributed by atoms with Gasteiger partial charge in [0.05, 0.1) is 15.6 Å². The lowest BCUT2D eigenvalue weighted by molar-refractivity contribution is -0.140. The third-order valence-electron chi connectivity index (χ3n) is 3.96. The van der Waals surface area contributed by atoms with Crippen molar-refractivity contribution in [3.63, 3.8) is 0 Å². The van der Waals surface area contributed by atoms with Crippen LogP contribution in [0.3, 0.4) is 0 Å². The quantitative estimate of drug-likeness (QED) is 0.876. The molecule has 6 heteroatoms. The average molecular weight is 357 g/mol. The van der Waals surface area contributed by atoms with E-state index in [4.69, 9.17) is 23.2 Å². The molecule has 1 saturated heterocycles. The smallest absolute Gasteiger partial charge is 0.253 e. The maximum atomic E-state index is 12.3. The predicted molar refractivity (Wildman–Crippen MR) is 93.0 cm³/mol. The fraction of sp³-hybridized carbons (Fsp3) is 0.529. The fourth-order valence-electron chi connectivity index (χ4n) is 2.64. The van der Waals surface area contributed by atoms with Crippen LogP contribution in [-0.2, 0) is 4.79 Å². The number of nitrogens with one attached hydrogen (secondary N) is 1. The first-order valence-electron chi connectivity index (χ1n) is 7.74. The molecule has 2 amide bonds. The van der Waals surface area contributed by atoms with Crippen LogP contribution in [0.4, 0.5) is 0 Å². The van der Waals surface area contributed by atoms with Gasteiger partial charge in [0.15, 0.2) is 0 Å². The highest BCUT2D eigenvalue weighted by Gasteiger charge is 2.30. The lowest BCUT2D eigenvalue weighted by Crippen LogP contribution is -2.49. The third-order valence-corrected chi connectivity index (χ3v) is 4.77. The van der Waals surface area contributed by atoms with Gasteiger partial charge in [0.2, 0.25) is 5.91 Å². The standard InChI is InChI=1S/C17H22Cl2N2O2/c1-17(2,3)16(23)21-9-7-11(8-10-21)20-15(22)12-5-4-6-13(18)14(12)19/h4-6,11H,7-10H2,1-3H3,(H,20,22). The lowest BCUT2D eigenvalue weighted by atomic mass is 9.93. The summed E-state index contributed by atoms with van der Waals surface area (Å²) in [5.41, 5.74) is 0.0112. The first-order chi connectivity index (χ1) is 10.7. The number of rotatable bonds is 2. The number of hydrogen-bond acceptors (Lipinski definition) is 2. The molecule has 1 fully saturated rings. The Morgan fingerprint density at radius 2 is 1.78 bits per heavy atom. The van der Waals surface area contributed by atoms with Gasteiger partial charge in [-0.05, 0) is 25.0 Å².